The van der Waals surface area contributed by atoms with E-state index in [0.29, 0.717) is 18.7 Å². The van der Waals surface area contributed by atoms with Gasteiger partial charge in [0.25, 0.3) is 5.91 Å². The van der Waals surface area contributed by atoms with E-state index < -0.39 is 6.10 Å². The molecule has 2 rings (SSSR count). The van der Waals surface area contributed by atoms with Gasteiger partial charge in [-0.2, -0.15) is 0 Å². The fourth-order valence-electron chi connectivity index (χ4n) is 2.77. The van der Waals surface area contributed by atoms with Crippen LogP contribution in [0.4, 0.5) is 0 Å². The largest absolute Gasteiger partial charge is 0.391 e. The summed E-state index contributed by atoms with van der Waals surface area (Å²) in [6.45, 7) is 4.03. The molecule has 5 nitrogen and oxygen atoms in total. The van der Waals surface area contributed by atoms with E-state index in [1.165, 1.54) is 0 Å². The summed E-state index contributed by atoms with van der Waals surface area (Å²) in [7, 11) is 3.98. The predicted molar refractivity (Wildman–Crippen MR) is 74.1 cm³/mol. The maximum atomic E-state index is 12.6. The molecule has 1 fully saturated rings. The monoisotopic (exact) mass is 265 g/mol. The zero-order valence-electron chi connectivity index (χ0n) is 11.9. The van der Waals surface area contributed by atoms with E-state index >= 15 is 0 Å². The lowest BCUT2D eigenvalue weighted by molar-refractivity contribution is 0.0688. The van der Waals surface area contributed by atoms with Crippen LogP contribution in [0.3, 0.4) is 0 Å². The Hall–Kier alpha value is -1.33. The Morgan fingerprint density at radius 3 is 2.89 bits per heavy atom. The highest BCUT2D eigenvalue weighted by atomic mass is 16.3. The Bertz CT molecular complexity index is 442. The van der Waals surface area contributed by atoms with Crippen LogP contribution >= 0.6 is 0 Å². The smallest absolute Gasteiger partial charge is 0.270 e. The Morgan fingerprint density at radius 1 is 1.53 bits per heavy atom. The van der Waals surface area contributed by atoms with Gasteiger partial charge in [0.2, 0.25) is 0 Å². The summed E-state index contributed by atoms with van der Waals surface area (Å²) in [5.74, 6) is 0.0234. The van der Waals surface area contributed by atoms with E-state index in [2.05, 4.69) is 4.90 Å². The van der Waals surface area contributed by atoms with Crippen molar-refractivity contribution in [1.82, 2.24) is 14.4 Å². The van der Waals surface area contributed by atoms with Crippen LogP contribution in [0.25, 0.3) is 0 Å². The fraction of sp³-hybridized carbons (Fsp3) is 0.643. The predicted octanol–water partition coefficient (Wildman–Crippen LogP) is 0.645. The summed E-state index contributed by atoms with van der Waals surface area (Å²) in [4.78, 5) is 16.5. The van der Waals surface area contributed by atoms with Gasteiger partial charge >= 0.3 is 0 Å². The van der Waals surface area contributed by atoms with Gasteiger partial charge < -0.3 is 19.5 Å². The van der Waals surface area contributed by atoms with Gasteiger partial charge in [0.15, 0.2) is 0 Å². The SMILES string of the molecule is CCn1cccc1C(=O)N1CC(O)CC1CN(C)C. The molecule has 2 heterocycles. The van der Waals surface area contributed by atoms with Crippen molar-refractivity contribution in [3.8, 4) is 0 Å². The maximum absolute atomic E-state index is 12.6. The molecule has 0 aliphatic carbocycles. The maximum Gasteiger partial charge on any atom is 0.270 e. The topological polar surface area (TPSA) is 48.7 Å². The number of likely N-dealkylation sites (tertiary alicyclic amines) is 1. The molecule has 1 aromatic heterocycles. The number of hydrogen-bond donors (Lipinski definition) is 1. The third-order valence-corrected chi connectivity index (χ3v) is 3.62. The van der Waals surface area contributed by atoms with E-state index in [4.69, 9.17) is 0 Å². The van der Waals surface area contributed by atoms with Crippen LogP contribution in [0.2, 0.25) is 0 Å². The average molecular weight is 265 g/mol. The lowest BCUT2D eigenvalue weighted by atomic mass is 10.2. The lowest BCUT2D eigenvalue weighted by Crippen LogP contribution is -2.42. The molecule has 0 spiro atoms. The number of carbonyl (C=O) groups excluding carboxylic acids is 1. The molecule has 0 radical (unpaired) electrons. The first-order valence-electron chi connectivity index (χ1n) is 6.81. The quantitative estimate of drug-likeness (QED) is 0.869. The van der Waals surface area contributed by atoms with Gasteiger partial charge in [-0.15, -0.1) is 0 Å². The standard InChI is InChI=1S/C14H23N3O2/c1-4-16-7-5-6-13(16)14(19)17-10-12(18)8-11(17)9-15(2)3/h5-7,11-12,18H,4,8-10H2,1-3H3. The number of rotatable bonds is 4. The number of aliphatic hydroxyl groups excluding tert-OH is 1. The van der Waals surface area contributed by atoms with Gasteiger partial charge in [-0.1, -0.05) is 0 Å². The number of amides is 1. The highest BCUT2D eigenvalue weighted by Crippen LogP contribution is 2.21. The van der Waals surface area contributed by atoms with Crippen LogP contribution in [-0.4, -0.2) is 64.7 Å². The van der Waals surface area contributed by atoms with Crippen molar-refractivity contribution in [2.75, 3.05) is 27.2 Å². The van der Waals surface area contributed by atoms with E-state index in [1.54, 1.807) is 0 Å². The first kappa shape index (κ1) is 14.1. The van der Waals surface area contributed by atoms with Gasteiger partial charge in [-0.25, -0.2) is 0 Å². The van der Waals surface area contributed by atoms with Crippen LogP contribution in [0.5, 0.6) is 0 Å². The Balaban J connectivity index is 2.17. The second kappa shape index (κ2) is 5.75. The van der Waals surface area contributed by atoms with Crippen LogP contribution in [-0.2, 0) is 6.54 Å². The van der Waals surface area contributed by atoms with Gasteiger partial charge in [0, 0.05) is 31.9 Å². The number of carbonyl (C=O) groups is 1. The Morgan fingerprint density at radius 2 is 2.26 bits per heavy atom. The lowest BCUT2D eigenvalue weighted by Gasteiger charge is -2.27. The average Bonchev–Trinajstić information content (AvgIpc) is 2.93. The summed E-state index contributed by atoms with van der Waals surface area (Å²) in [5.41, 5.74) is 0.709. The van der Waals surface area contributed by atoms with Crippen molar-refractivity contribution < 1.29 is 9.90 Å². The van der Waals surface area contributed by atoms with Gasteiger partial charge in [-0.05, 0) is 39.6 Å². The van der Waals surface area contributed by atoms with E-state index in [-0.39, 0.29) is 11.9 Å². The van der Waals surface area contributed by atoms with Gasteiger partial charge in [0.05, 0.1) is 6.10 Å². The second-order valence-corrected chi connectivity index (χ2v) is 5.44. The summed E-state index contributed by atoms with van der Waals surface area (Å²) in [6.07, 6.45) is 2.18. The molecule has 0 aromatic carbocycles. The molecule has 1 amide bonds. The molecule has 106 valence electrons. The molecule has 1 aromatic rings. The fourth-order valence-corrected chi connectivity index (χ4v) is 2.77. The second-order valence-electron chi connectivity index (χ2n) is 5.44. The van der Waals surface area contributed by atoms with Gasteiger partial charge in [0.1, 0.15) is 5.69 Å². The van der Waals surface area contributed by atoms with Crippen LogP contribution in [0.15, 0.2) is 18.3 Å². The minimum absolute atomic E-state index is 0.0234. The van der Waals surface area contributed by atoms with Crippen LogP contribution in [0.1, 0.15) is 23.8 Å². The molecule has 1 aliphatic heterocycles. The van der Waals surface area contributed by atoms with Crippen molar-refractivity contribution in [2.45, 2.75) is 32.0 Å². The highest BCUT2D eigenvalue weighted by Gasteiger charge is 2.35. The Labute approximate surface area is 114 Å². The molecule has 5 heteroatoms. The van der Waals surface area contributed by atoms with Crippen LogP contribution in [0, 0.1) is 0 Å². The van der Waals surface area contributed by atoms with Crippen molar-refractivity contribution in [3.63, 3.8) is 0 Å². The van der Waals surface area contributed by atoms with E-state index in [9.17, 15) is 9.90 Å². The molecule has 1 N–H and O–H groups in total. The van der Waals surface area contributed by atoms with Crippen molar-refractivity contribution in [1.29, 1.82) is 0 Å². The first-order valence-corrected chi connectivity index (χ1v) is 6.81. The summed E-state index contributed by atoms with van der Waals surface area (Å²) in [6, 6.07) is 3.84. The highest BCUT2D eigenvalue weighted by molar-refractivity contribution is 5.93. The molecule has 1 saturated heterocycles. The first-order chi connectivity index (χ1) is 9.02. The molecule has 0 saturated carbocycles. The number of aryl methyl sites for hydroxylation is 1. The summed E-state index contributed by atoms with van der Waals surface area (Å²) in [5, 5.41) is 9.84. The molecule has 1 aliphatic rings. The van der Waals surface area contributed by atoms with Crippen LogP contribution < -0.4 is 0 Å². The number of β-amino-alcohol motifs (C(OH)–C–C–N with tert-alkyl or cyclic N) is 1. The third-order valence-electron chi connectivity index (χ3n) is 3.62. The molecule has 2 atom stereocenters. The van der Waals surface area contributed by atoms with E-state index in [1.807, 2.05) is 48.8 Å². The number of nitrogens with zero attached hydrogens (tertiary/aromatic N) is 3. The number of aliphatic hydroxyl groups is 1. The number of aromatic nitrogens is 1. The molecular formula is C14H23N3O2. The number of hydrogen-bond acceptors (Lipinski definition) is 3. The minimum Gasteiger partial charge on any atom is -0.391 e. The summed E-state index contributed by atoms with van der Waals surface area (Å²) >= 11 is 0. The number of likely N-dealkylation sites (N-methyl/N-ethyl adjacent to an activating group) is 1. The molecular weight excluding hydrogens is 242 g/mol. The molecule has 19 heavy (non-hydrogen) atoms. The zero-order valence-corrected chi connectivity index (χ0v) is 11.9. The molecule has 2 unspecified atom stereocenters. The minimum atomic E-state index is -0.404. The van der Waals surface area contributed by atoms with Crippen molar-refractivity contribution in [3.05, 3.63) is 24.0 Å². The third kappa shape index (κ3) is 2.98. The molecule has 0 bridgehead atoms. The normalized spacial score (nSPS) is 23.3. The van der Waals surface area contributed by atoms with Crippen molar-refractivity contribution >= 4 is 5.91 Å². The zero-order chi connectivity index (χ0) is 14.0. The van der Waals surface area contributed by atoms with Gasteiger partial charge in [-0.3, -0.25) is 4.79 Å². The Kier molecular flexibility index (Phi) is 4.27. The van der Waals surface area contributed by atoms with E-state index in [0.717, 1.165) is 13.1 Å². The summed E-state index contributed by atoms with van der Waals surface area (Å²) < 4.78 is 1.94. The van der Waals surface area contributed by atoms with Crippen molar-refractivity contribution in [2.24, 2.45) is 0 Å².